The van der Waals surface area contributed by atoms with Gasteiger partial charge in [-0.1, -0.05) is 11.6 Å². The Morgan fingerprint density at radius 1 is 1.19 bits per heavy atom. The molecule has 2 rings (SSSR count). The SMILES string of the molecule is Cc1cc(Cl)nc(-c2c(C)nn(C)c2C)n1. The lowest BCUT2D eigenvalue weighted by molar-refractivity contribution is 0.731. The van der Waals surface area contributed by atoms with E-state index in [0.717, 1.165) is 22.6 Å². The van der Waals surface area contributed by atoms with E-state index in [-0.39, 0.29) is 0 Å². The maximum absolute atomic E-state index is 5.93. The van der Waals surface area contributed by atoms with Crippen LogP contribution in [0.4, 0.5) is 0 Å². The first-order valence-electron chi connectivity index (χ1n) is 5.01. The number of hydrogen-bond acceptors (Lipinski definition) is 3. The third kappa shape index (κ3) is 1.80. The molecule has 0 aliphatic heterocycles. The van der Waals surface area contributed by atoms with Crippen LogP contribution in [-0.2, 0) is 7.05 Å². The second-order valence-corrected chi connectivity index (χ2v) is 4.21. The molecule has 0 aliphatic rings. The Hall–Kier alpha value is -1.42. The molecule has 0 aromatic carbocycles. The lowest BCUT2D eigenvalue weighted by Gasteiger charge is -2.02. The Balaban J connectivity index is 2.67. The molecule has 16 heavy (non-hydrogen) atoms. The summed E-state index contributed by atoms with van der Waals surface area (Å²) in [6.07, 6.45) is 0. The highest BCUT2D eigenvalue weighted by Crippen LogP contribution is 2.24. The van der Waals surface area contributed by atoms with Crippen molar-refractivity contribution < 1.29 is 0 Å². The number of nitrogens with zero attached hydrogens (tertiary/aromatic N) is 4. The molecule has 0 unspecified atom stereocenters. The zero-order valence-corrected chi connectivity index (χ0v) is 10.5. The highest BCUT2D eigenvalue weighted by molar-refractivity contribution is 6.29. The van der Waals surface area contributed by atoms with Crippen molar-refractivity contribution in [2.24, 2.45) is 7.05 Å². The molecular formula is C11H13ClN4. The van der Waals surface area contributed by atoms with Gasteiger partial charge in [0.1, 0.15) is 5.15 Å². The average molecular weight is 237 g/mol. The topological polar surface area (TPSA) is 43.6 Å². The Labute approximate surface area is 99.3 Å². The molecule has 0 bridgehead atoms. The monoisotopic (exact) mass is 236 g/mol. The molecule has 0 saturated heterocycles. The van der Waals surface area contributed by atoms with Gasteiger partial charge >= 0.3 is 0 Å². The number of aryl methyl sites for hydroxylation is 3. The van der Waals surface area contributed by atoms with E-state index in [2.05, 4.69) is 15.1 Å². The largest absolute Gasteiger partial charge is 0.272 e. The zero-order chi connectivity index (χ0) is 11.9. The lowest BCUT2D eigenvalue weighted by atomic mass is 10.2. The van der Waals surface area contributed by atoms with Crippen LogP contribution in [0.3, 0.4) is 0 Å². The summed E-state index contributed by atoms with van der Waals surface area (Å²) in [6.45, 7) is 5.84. The van der Waals surface area contributed by atoms with Gasteiger partial charge in [-0.3, -0.25) is 4.68 Å². The van der Waals surface area contributed by atoms with Crippen molar-refractivity contribution in [2.45, 2.75) is 20.8 Å². The second kappa shape index (κ2) is 3.87. The van der Waals surface area contributed by atoms with Gasteiger partial charge in [0.15, 0.2) is 5.82 Å². The lowest BCUT2D eigenvalue weighted by Crippen LogP contribution is -1.96. The molecule has 0 amide bonds. The van der Waals surface area contributed by atoms with Crippen LogP contribution in [0.5, 0.6) is 0 Å². The van der Waals surface area contributed by atoms with Gasteiger partial charge in [0.25, 0.3) is 0 Å². The van der Waals surface area contributed by atoms with Crippen LogP contribution in [0.25, 0.3) is 11.4 Å². The number of rotatable bonds is 1. The highest BCUT2D eigenvalue weighted by atomic mass is 35.5. The Bertz CT molecular complexity index is 525. The molecule has 5 heteroatoms. The van der Waals surface area contributed by atoms with Crippen LogP contribution in [0, 0.1) is 20.8 Å². The summed E-state index contributed by atoms with van der Waals surface area (Å²) < 4.78 is 1.82. The zero-order valence-electron chi connectivity index (χ0n) is 9.74. The first kappa shape index (κ1) is 11.1. The van der Waals surface area contributed by atoms with Crippen LogP contribution in [0.1, 0.15) is 17.1 Å². The molecule has 0 aliphatic carbocycles. The Morgan fingerprint density at radius 3 is 2.38 bits per heavy atom. The van der Waals surface area contributed by atoms with Crippen molar-refractivity contribution in [3.8, 4) is 11.4 Å². The normalized spacial score (nSPS) is 10.8. The van der Waals surface area contributed by atoms with Gasteiger partial charge in [-0.05, 0) is 26.8 Å². The first-order chi connectivity index (χ1) is 7.49. The second-order valence-electron chi connectivity index (χ2n) is 3.83. The van der Waals surface area contributed by atoms with Gasteiger partial charge in [-0.2, -0.15) is 5.10 Å². The maximum Gasteiger partial charge on any atom is 0.164 e. The molecule has 0 fully saturated rings. The summed E-state index contributed by atoms with van der Waals surface area (Å²) in [5.41, 5.74) is 3.78. The van der Waals surface area contributed by atoms with E-state index in [1.807, 2.05) is 32.5 Å². The van der Waals surface area contributed by atoms with Gasteiger partial charge < -0.3 is 0 Å². The molecule has 2 heterocycles. The fraction of sp³-hybridized carbons (Fsp3) is 0.364. The van der Waals surface area contributed by atoms with Gasteiger partial charge in [-0.15, -0.1) is 0 Å². The maximum atomic E-state index is 5.93. The minimum absolute atomic E-state index is 0.463. The molecule has 2 aromatic heterocycles. The van der Waals surface area contributed by atoms with Gasteiger partial charge in [0, 0.05) is 18.4 Å². The molecule has 0 N–H and O–H groups in total. The van der Waals surface area contributed by atoms with Crippen molar-refractivity contribution in [3.63, 3.8) is 0 Å². The third-order valence-corrected chi connectivity index (χ3v) is 2.75. The summed E-state index contributed by atoms with van der Waals surface area (Å²) in [6, 6.07) is 1.74. The molecule has 0 atom stereocenters. The molecule has 0 radical (unpaired) electrons. The van der Waals surface area contributed by atoms with E-state index >= 15 is 0 Å². The van der Waals surface area contributed by atoms with Gasteiger partial charge in [-0.25, -0.2) is 9.97 Å². The minimum atomic E-state index is 0.463. The fourth-order valence-electron chi connectivity index (χ4n) is 1.74. The first-order valence-corrected chi connectivity index (χ1v) is 5.38. The quantitative estimate of drug-likeness (QED) is 0.715. The summed E-state index contributed by atoms with van der Waals surface area (Å²) in [5.74, 6) is 0.646. The van der Waals surface area contributed by atoms with Crippen molar-refractivity contribution in [1.82, 2.24) is 19.7 Å². The number of hydrogen-bond donors (Lipinski definition) is 0. The smallest absolute Gasteiger partial charge is 0.164 e. The van der Waals surface area contributed by atoms with Crippen LogP contribution in [0.2, 0.25) is 5.15 Å². The van der Waals surface area contributed by atoms with E-state index in [0.29, 0.717) is 11.0 Å². The van der Waals surface area contributed by atoms with Gasteiger partial charge in [0.05, 0.1) is 11.3 Å². The van der Waals surface area contributed by atoms with E-state index < -0.39 is 0 Å². The van der Waals surface area contributed by atoms with E-state index in [9.17, 15) is 0 Å². The van der Waals surface area contributed by atoms with Crippen molar-refractivity contribution in [1.29, 1.82) is 0 Å². The molecular weight excluding hydrogens is 224 g/mol. The van der Waals surface area contributed by atoms with Crippen molar-refractivity contribution in [2.75, 3.05) is 0 Å². The van der Waals surface area contributed by atoms with Crippen molar-refractivity contribution in [3.05, 3.63) is 28.3 Å². The van der Waals surface area contributed by atoms with E-state index in [1.165, 1.54) is 0 Å². The van der Waals surface area contributed by atoms with Gasteiger partial charge in [0.2, 0.25) is 0 Å². The predicted octanol–water partition coefficient (Wildman–Crippen LogP) is 2.46. The van der Waals surface area contributed by atoms with Crippen LogP contribution >= 0.6 is 11.6 Å². The summed E-state index contributed by atoms with van der Waals surface area (Å²) in [7, 11) is 1.91. The third-order valence-electron chi connectivity index (χ3n) is 2.56. The number of aromatic nitrogens is 4. The van der Waals surface area contributed by atoms with Crippen LogP contribution in [-0.4, -0.2) is 19.7 Å². The van der Waals surface area contributed by atoms with Crippen LogP contribution in [0.15, 0.2) is 6.07 Å². The van der Waals surface area contributed by atoms with Crippen LogP contribution < -0.4 is 0 Å². The van der Waals surface area contributed by atoms with Crippen molar-refractivity contribution >= 4 is 11.6 Å². The molecule has 0 spiro atoms. The molecule has 2 aromatic rings. The summed E-state index contributed by atoms with van der Waals surface area (Å²) in [4.78, 5) is 8.63. The Kier molecular flexibility index (Phi) is 2.68. The van der Waals surface area contributed by atoms with E-state index in [4.69, 9.17) is 11.6 Å². The average Bonchev–Trinajstić information content (AvgIpc) is 2.39. The summed E-state index contributed by atoms with van der Waals surface area (Å²) >= 11 is 5.93. The van der Waals surface area contributed by atoms with E-state index in [1.54, 1.807) is 6.07 Å². The molecule has 4 nitrogen and oxygen atoms in total. The fourth-order valence-corrected chi connectivity index (χ4v) is 1.98. The number of halogens is 1. The summed E-state index contributed by atoms with van der Waals surface area (Å²) in [5, 5.41) is 4.80. The minimum Gasteiger partial charge on any atom is -0.272 e. The molecule has 0 saturated carbocycles. The standard InChI is InChI=1S/C11H13ClN4/c1-6-5-9(12)14-11(13-6)10-7(2)15-16(4)8(10)3/h5H,1-4H3. The Morgan fingerprint density at radius 2 is 1.88 bits per heavy atom. The predicted molar refractivity (Wildman–Crippen MR) is 63.5 cm³/mol. The highest BCUT2D eigenvalue weighted by Gasteiger charge is 2.14. The molecule has 84 valence electrons.